The van der Waals surface area contributed by atoms with Gasteiger partial charge in [0.15, 0.2) is 5.82 Å². The average Bonchev–Trinajstić information content (AvgIpc) is 2.52. The van der Waals surface area contributed by atoms with E-state index in [0.717, 1.165) is 0 Å². The Bertz CT molecular complexity index is 221. The van der Waals surface area contributed by atoms with E-state index in [4.69, 9.17) is 0 Å². The molecule has 0 bridgehead atoms. The van der Waals surface area contributed by atoms with Crippen LogP contribution in [-0.4, -0.2) is 23.3 Å². The number of carbonyl (C=O) groups is 1. The van der Waals surface area contributed by atoms with Crippen LogP contribution in [0.1, 0.15) is 5.82 Å². The molecule has 1 N–H and O–H groups in total. The van der Waals surface area contributed by atoms with Crippen LogP contribution < -0.4 is 5.32 Å². The van der Waals surface area contributed by atoms with Gasteiger partial charge in [-0.25, -0.2) is 4.79 Å². The fourth-order valence-electron chi connectivity index (χ4n) is 0.494. The van der Waals surface area contributed by atoms with Crippen LogP contribution in [-0.2, 0) is 11.3 Å². The Morgan fingerprint density at radius 2 is 2.73 bits per heavy atom. The van der Waals surface area contributed by atoms with Gasteiger partial charge in [-0.15, -0.1) is 0 Å². The lowest BCUT2D eigenvalue weighted by Crippen LogP contribution is -2.22. The normalized spacial score (nSPS) is 9.18. The van der Waals surface area contributed by atoms with Crippen LogP contribution in [0.15, 0.2) is 10.9 Å². The van der Waals surface area contributed by atoms with Crippen molar-refractivity contribution < 1.29 is 14.1 Å². The predicted molar refractivity (Wildman–Crippen MR) is 33.5 cm³/mol. The summed E-state index contributed by atoms with van der Waals surface area (Å²) >= 11 is 0. The summed E-state index contributed by atoms with van der Waals surface area (Å²) in [6, 6.07) is 0. The summed E-state index contributed by atoms with van der Waals surface area (Å²) < 4.78 is 8.74. The van der Waals surface area contributed by atoms with Crippen molar-refractivity contribution in [3.05, 3.63) is 12.2 Å². The van der Waals surface area contributed by atoms with Crippen LogP contribution in [0.5, 0.6) is 0 Å². The van der Waals surface area contributed by atoms with Gasteiger partial charge < -0.3 is 14.6 Å². The number of carbonyl (C=O) groups excluding carboxylic acids is 1. The number of nitrogens with one attached hydrogen (secondary N) is 1. The minimum atomic E-state index is -0.519. The van der Waals surface area contributed by atoms with E-state index in [0.29, 0.717) is 5.82 Å². The smallest absolute Gasteiger partial charge is 0.407 e. The number of methoxy groups -OCH3 is 1. The number of nitrogens with zero attached hydrogens (tertiary/aromatic N) is 2. The molecule has 6 nitrogen and oxygen atoms in total. The molecular formula is C5H7N3O3. The van der Waals surface area contributed by atoms with E-state index in [1.54, 1.807) is 0 Å². The second kappa shape index (κ2) is 3.55. The first-order valence-corrected chi connectivity index (χ1v) is 2.90. The van der Waals surface area contributed by atoms with Gasteiger partial charge in [-0.1, -0.05) is 5.16 Å². The van der Waals surface area contributed by atoms with E-state index in [2.05, 4.69) is 24.7 Å². The van der Waals surface area contributed by atoms with E-state index in [1.165, 1.54) is 13.5 Å². The van der Waals surface area contributed by atoms with Crippen molar-refractivity contribution in [1.82, 2.24) is 15.5 Å². The van der Waals surface area contributed by atoms with Crippen LogP contribution in [0.25, 0.3) is 0 Å². The monoisotopic (exact) mass is 157 g/mol. The number of ether oxygens (including phenoxy) is 1. The van der Waals surface area contributed by atoms with Gasteiger partial charge >= 0.3 is 6.09 Å². The molecule has 1 aromatic rings. The Kier molecular flexibility index (Phi) is 2.42. The molecule has 0 saturated carbocycles. The van der Waals surface area contributed by atoms with Crippen LogP contribution in [0.4, 0.5) is 4.79 Å². The molecule has 1 amide bonds. The lowest BCUT2D eigenvalue weighted by Gasteiger charge is -1.97. The van der Waals surface area contributed by atoms with E-state index in [-0.39, 0.29) is 6.54 Å². The molecule has 0 fully saturated rings. The van der Waals surface area contributed by atoms with Gasteiger partial charge in [0.2, 0.25) is 6.39 Å². The lowest BCUT2D eigenvalue weighted by atomic mass is 10.6. The first kappa shape index (κ1) is 7.52. The highest BCUT2D eigenvalue weighted by Gasteiger charge is 2.01. The fourth-order valence-corrected chi connectivity index (χ4v) is 0.494. The van der Waals surface area contributed by atoms with Crippen LogP contribution in [0.2, 0.25) is 0 Å². The first-order chi connectivity index (χ1) is 5.33. The van der Waals surface area contributed by atoms with E-state index < -0.39 is 6.09 Å². The minimum absolute atomic E-state index is 0.211. The van der Waals surface area contributed by atoms with Gasteiger partial charge in [-0.2, -0.15) is 4.98 Å². The summed E-state index contributed by atoms with van der Waals surface area (Å²) in [5.74, 6) is 0.412. The maximum absolute atomic E-state index is 10.5. The van der Waals surface area contributed by atoms with Crippen molar-refractivity contribution >= 4 is 6.09 Å². The molecule has 1 rings (SSSR count). The Labute approximate surface area is 62.5 Å². The summed E-state index contributed by atoms with van der Waals surface area (Å²) in [7, 11) is 1.28. The zero-order chi connectivity index (χ0) is 8.10. The minimum Gasteiger partial charge on any atom is -0.453 e. The van der Waals surface area contributed by atoms with Gasteiger partial charge in [-0.05, 0) is 0 Å². The summed E-state index contributed by atoms with van der Waals surface area (Å²) in [5, 5.41) is 5.85. The second-order valence-corrected chi connectivity index (χ2v) is 1.69. The van der Waals surface area contributed by atoms with Crippen molar-refractivity contribution in [3.63, 3.8) is 0 Å². The molecule has 0 aliphatic rings. The number of hydrogen-bond acceptors (Lipinski definition) is 5. The highest BCUT2D eigenvalue weighted by atomic mass is 16.5. The van der Waals surface area contributed by atoms with Crippen molar-refractivity contribution in [1.29, 1.82) is 0 Å². The molecule has 0 unspecified atom stereocenters. The largest absolute Gasteiger partial charge is 0.453 e. The van der Waals surface area contributed by atoms with Crippen molar-refractivity contribution in [2.45, 2.75) is 6.54 Å². The van der Waals surface area contributed by atoms with Gasteiger partial charge in [0.25, 0.3) is 0 Å². The van der Waals surface area contributed by atoms with Crippen LogP contribution in [0.3, 0.4) is 0 Å². The van der Waals surface area contributed by atoms with Crippen molar-refractivity contribution in [3.8, 4) is 0 Å². The highest BCUT2D eigenvalue weighted by Crippen LogP contribution is 1.86. The molecule has 0 spiro atoms. The Morgan fingerprint density at radius 1 is 1.91 bits per heavy atom. The topological polar surface area (TPSA) is 77.2 Å². The molecule has 1 heterocycles. The molecule has 0 aliphatic heterocycles. The Morgan fingerprint density at radius 3 is 3.27 bits per heavy atom. The third-order valence-electron chi connectivity index (χ3n) is 0.983. The number of alkyl carbamates (subject to hydrolysis) is 1. The molecule has 1 aromatic heterocycles. The second-order valence-electron chi connectivity index (χ2n) is 1.69. The molecule has 6 heteroatoms. The summed E-state index contributed by atoms with van der Waals surface area (Å²) in [6.45, 7) is 0.211. The lowest BCUT2D eigenvalue weighted by molar-refractivity contribution is 0.170. The summed E-state index contributed by atoms with van der Waals surface area (Å²) in [4.78, 5) is 14.2. The molecule has 0 saturated heterocycles. The average molecular weight is 157 g/mol. The van der Waals surface area contributed by atoms with Crippen LogP contribution in [0, 0.1) is 0 Å². The van der Waals surface area contributed by atoms with Crippen LogP contribution >= 0.6 is 0 Å². The predicted octanol–water partition coefficient (Wildman–Crippen LogP) is -0.0744. The molecule has 0 radical (unpaired) electrons. The zero-order valence-corrected chi connectivity index (χ0v) is 5.90. The van der Waals surface area contributed by atoms with Gasteiger partial charge in [0.1, 0.15) is 0 Å². The number of aromatic nitrogens is 2. The quantitative estimate of drug-likeness (QED) is 0.649. The van der Waals surface area contributed by atoms with Crippen molar-refractivity contribution in [2.75, 3.05) is 7.11 Å². The number of rotatable bonds is 2. The van der Waals surface area contributed by atoms with Gasteiger partial charge in [0.05, 0.1) is 13.7 Å². The van der Waals surface area contributed by atoms with Crippen molar-refractivity contribution in [2.24, 2.45) is 0 Å². The molecule has 11 heavy (non-hydrogen) atoms. The highest BCUT2D eigenvalue weighted by molar-refractivity contribution is 5.66. The molecule has 0 aliphatic carbocycles. The summed E-state index contributed by atoms with van der Waals surface area (Å²) in [5.41, 5.74) is 0. The maximum atomic E-state index is 10.5. The molecular weight excluding hydrogens is 150 g/mol. The third-order valence-corrected chi connectivity index (χ3v) is 0.983. The Hall–Kier alpha value is -1.59. The first-order valence-electron chi connectivity index (χ1n) is 2.90. The van der Waals surface area contributed by atoms with E-state index in [9.17, 15) is 4.79 Å². The standard InChI is InChI=1S/C5H7N3O3/c1-10-5(9)6-2-4-7-3-11-8-4/h3H,2H2,1H3,(H,6,9). The zero-order valence-electron chi connectivity index (χ0n) is 5.90. The molecule has 0 atom stereocenters. The SMILES string of the molecule is COC(=O)NCc1ncon1. The fraction of sp³-hybridized carbons (Fsp3) is 0.400. The van der Waals surface area contributed by atoms with Gasteiger partial charge in [-0.3, -0.25) is 0 Å². The molecule has 0 aromatic carbocycles. The maximum Gasteiger partial charge on any atom is 0.407 e. The van der Waals surface area contributed by atoms with E-state index in [1.807, 2.05) is 0 Å². The number of hydrogen-bond donors (Lipinski definition) is 1. The number of amides is 1. The van der Waals surface area contributed by atoms with E-state index >= 15 is 0 Å². The molecule has 60 valence electrons. The third kappa shape index (κ3) is 2.24. The summed E-state index contributed by atoms with van der Waals surface area (Å²) in [6.07, 6.45) is 0.670. The van der Waals surface area contributed by atoms with Gasteiger partial charge in [0, 0.05) is 0 Å². The Balaban J connectivity index is 2.29.